The molecule has 0 bridgehead atoms. The average molecular weight is 214 g/mol. The highest BCUT2D eigenvalue weighted by Crippen LogP contribution is 2.23. The molecule has 0 aromatic carbocycles. The lowest BCUT2D eigenvalue weighted by atomic mass is 10.1. The third-order valence-corrected chi connectivity index (χ3v) is 2.57. The average Bonchev–Trinajstić information content (AvgIpc) is 2.47. The third kappa shape index (κ3) is 2.74. The summed E-state index contributed by atoms with van der Waals surface area (Å²) in [4.78, 5) is 0. The van der Waals surface area contributed by atoms with Crippen LogP contribution < -0.4 is 0 Å². The lowest BCUT2D eigenvalue weighted by Crippen LogP contribution is -2.06. The number of aryl methyl sites for hydroxylation is 1. The van der Waals surface area contributed by atoms with Gasteiger partial charge in [0.1, 0.15) is 6.20 Å². The maximum Gasteiger partial charge on any atom is 0.133 e. The van der Waals surface area contributed by atoms with Crippen LogP contribution >= 0.6 is 11.6 Å². The summed E-state index contributed by atoms with van der Waals surface area (Å²) < 4.78 is 1.99. The molecular weight excluding hydrogens is 196 g/mol. The van der Waals surface area contributed by atoms with Crippen LogP contribution in [0.3, 0.4) is 0 Å². The topological polar surface area (TPSA) is 17.8 Å². The molecule has 0 atom stereocenters. The zero-order chi connectivity index (χ0) is 10.6. The molecule has 0 N–H and O–H groups in total. The van der Waals surface area contributed by atoms with E-state index in [0.29, 0.717) is 10.9 Å². The van der Waals surface area contributed by atoms with E-state index in [4.69, 9.17) is 11.6 Å². The molecule has 3 heteroatoms. The second-order valence-corrected chi connectivity index (χ2v) is 4.27. The Balaban J connectivity index is 2.66. The molecule has 14 heavy (non-hydrogen) atoms. The molecule has 79 valence electrons. The lowest BCUT2D eigenvalue weighted by Gasteiger charge is -2.10. The molecule has 0 aliphatic rings. The minimum Gasteiger partial charge on any atom is -0.267 e. The first-order valence-corrected chi connectivity index (χ1v) is 5.68. The number of aromatic nitrogens is 2. The Morgan fingerprint density at radius 2 is 2.14 bits per heavy atom. The Hall–Kier alpha value is -0.500. The van der Waals surface area contributed by atoms with Gasteiger partial charge in [-0.2, -0.15) is 5.10 Å². The van der Waals surface area contributed by atoms with Crippen LogP contribution in [0.15, 0.2) is 0 Å². The van der Waals surface area contributed by atoms with Crippen molar-refractivity contribution in [2.45, 2.75) is 52.5 Å². The quantitative estimate of drug-likeness (QED) is 0.683. The number of hydrogen-bond donors (Lipinski definition) is 0. The van der Waals surface area contributed by atoms with Gasteiger partial charge in [0.15, 0.2) is 0 Å². The monoisotopic (exact) mass is 213 g/mol. The zero-order valence-corrected chi connectivity index (χ0v) is 9.93. The molecule has 0 amide bonds. The molecule has 0 saturated heterocycles. The second-order valence-electron chi connectivity index (χ2n) is 3.90. The Bertz CT molecular complexity index is 279. The molecule has 0 fully saturated rings. The first kappa shape index (κ1) is 11.6. The van der Waals surface area contributed by atoms with Crippen LogP contribution in [0.5, 0.6) is 0 Å². The van der Waals surface area contributed by atoms with Crippen LogP contribution in [0.1, 0.15) is 51.6 Å². The van der Waals surface area contributed by atoms with Gasteiger partial charge in [-0.3, -0.25) is 4.68 Å². The Kier molecular flexibility index (Phi) is 4.46. The van der Waals surface area contributed by atoms with Crippen molar-refractivity contribution in [1.29, 1.82) is 0 Å². The van der Waals surface area contributed by atoms with Crippen LogP contribution in [-0.2, 0) is 6.54 Å². The van der Waals surface area contributed by atoms with Crippen molar-refractivity contribution in [1.82, 2.24) is 9.78 Å². The number of rotatable bonds is 5. The third-order valence-electron chi connectivity index (χ3n) is 2.29. The summed E-state index contributed by atoms with van der Waals surface area (Å²) in [6.07, 6.45) is 6.47. The van der Waals surface area contributed by atoms with Crippen LogP contribution in [0.25, 0.3) is 0 Å². The van der Waals surface area contributed by atoms with E-state index < -0.39 is 0 Å². The maximum atomic E-state index is 6.01. The molecule has 1 heterocycles. The van der Waals surface area contributed by atoms with E-state index in [1.807, 2.05) is 4.68 Å². The molecule has 1 radical (unpaired) electrons. The number of hydrogen-bond acceptors (Lipinski definition) is 1. The number of nitrogens with zero attached hydrogens (tertiary/aromatic N) is 2. The van der Waals surface area contributed by atoms with Crippen LogP contribution in [0, 0.1) is 6.20 Å². The van der Waals surface area contributed by atoms with E-state index in [1.54, 1.807) is 0 Å². The van der Waals surface area contributed by atoms with Crippen molar-refractivity contribution in [2.75, 3.05) is 0 Å². The Morgan fingerprint density at radius 3 is 2.71 bits per heavy atom. The van der Waals surface area contributed by atoms with E-state index in [0.717, 1.165) is 12.2 Å². The summed E-state index contributed by atoms with van der Waals surface area (Å²) in [5.41, 5.74) is 1.11. The first-order valence-electron chi connectivity index (χ1n) is 5.30. The Morgan fingerprint density at radius 1 is 1.43 bits per heavy atom. The van der Waals surface area contributed by atoms with Crippen LogP contribution in [-0.4, -0.2) is 9.78 Å². The summed E-state index contributed by atoms with van der Waals surface area (Å²) in [6.45, 7) is 7.43. The molecule has 0 unspecified atom stereocenters. The smallest absolute Gasteiger partial charge is 0.133 e. The van der Waals surface area contributed by atoms with Gasteiger partial charge in [0.2, 0.25) is 0 Å². The van der Waals surface area contributed by atoms with Gasteiger partial charge >= 0.3 is 0 Å². The van der Waals surface area contributed by atoms with Crippen molar-refractivity contribution in [3.05, 3.63) is 16.9 Å². The van der Waals surface area contributed by atoms with Gasteiger partial charge in [0, 0.05) is 6.54 Å². The van der Waals surface area contributed by atoms with Gasteiger partial charge < -0.3 is 0 Å². The van der Waals surface area contributed by atoms with Gasteiger partial charge in [-0.1, -0.05) is 45.2 Å². The summed E-state index contributed by atoms with van der Waals surface area (Å²) in [5, 5.41) is 4.85. The predicted octanol–water partition coefficient (Wildman–Crippen LogP) is 3.65. The van der Waals surface area contributed by atoms with Crippen molar-refractivity contribution < 1.29 is 0 Å². The lowest BCUT2D eigenvalue weighted by molar-refractivity contribution is 0.522. The molecule has 0 saturated carbocycles. The molecule has 0 spiro atoms. The molecule has 2 nitrogen and oxygen atoms in total. The van der Waals surface area contributed by atoms with Crippen molar-refractivity contribution in [3.8, 4) is 0 Å². The van der Waals surface area contributed by atoms with E-state index >= 15 is 0 Å². The van der Waals surface area contributed by atoms with Gasteiger partial charge in [-0.25, -0.2) is 0 Å². The summed E-state index contributed by atoms with van der Waals surface area (Å²) in [6, 6.07) is 0. The second kappa shape index (κ2) is 5.40. The summed E-state index contributed by atoms with van der Waals surface area (Å²) in [7, 11) is 0. The molecule has 1 aromatic rings. The highest BCUT2D eigenvalue weighted by Gasteiger charge is 2.12. The van der Waals surface area contributed by atoms with E-state index in [2.05, 4.69) is 32.1 Å². The molecule has 0 aliphatic heterocycles. The predicted molar refractivity (Wildman–Crippen MR) is 59.7 cm³/mol. The van der Waals surface area contributed by atoms with Crippen molar-refractivity contribution in [3.63, 3.8) is 0 Å². The SMILES string of the molecule is CCCCCn1n[c]c(Cl)c1C(C)C. The molecular formula is C11H18ClN2. The molecule has 1 aromatic heterocycles. The normalized spacial score (nSPS) is 11.2. The first-order chi connectivity index (χ1) is 6.66. The Labute approximate surface area is 91.3 Å². The van der Waals surface area contributed by atoms with Gasteiger partial charge in [-0.15, -0.1) is 0 Å². The van der Waals surface area contributed by atoms with E-state index in [-0.39, 0.29) is 0 Å². The van der Waals surface area contributed by atoms with Crippen LogP contribution in [0.4, 0.5) is 0 Å². The van der Waals surface area contributed by atoms with Gasteiger partial charge in [0.05, 0.1) is 10.7 Å². The van der Waals surface area contributed by atoms with Crippen molar-refractivity contribution >= 4 is 11.6 Å². The highest BCUT2D eigenvalue weighted by atomic mass is 35.5. The largest absolute Gasteiger partial charge is 0.267 e. The minimum absolute atomic E-state index is 0.419. The zero-order valence-electron chi connectivity index (χ0n) is 9.18. The maximum absolute atomic E-state index is 6.01. The van der Waals surface area contributed by atoms with Crippen LogP contribution in [0.2, 0.25) is 5.02 Å². The summed E-state index contributed by atoms with van der Waals surface area (Å²) in [5.74, 6) is 0.419. The standard InChI is InChI=1S/C11H18ClN2/c1-4-5-6-7-14-11(9(2)3)10(12)8-13-14/h9H,4-7H2,1-3H3. The van der Waals surface area contributed by atoms with E-state index in [9.17, 15) is 0 Å². The molecule has 0 aliphatic carbocycles. The van der Waals surface area contributed by atoms with Crippen molar-refractivity contribution in [2.24, 2.45) is 0 Å². The highest BCUT2D eigenvalue weighted by molar-refractivity contribution is 6.31. The fourth-order valence-corrected chi connectivity index (χ4v) is 1.92. The fourth-order valence-electron chi connectivity index (χ4n) is 1.56. The molecule has 1 rings (SSSR count). The van der Waals surface area contributed by atoms with Gasteiger partial charge in [-0.05, 0) is 12.3 Å². The number of unbranched alkanes of at least 4 members (excludes halogenated alkanes) is 2. The number of halogens is 1. The summed E-state index contributed by atoms with van der Waals surface area (Å²) >= 11 is 6.01. The minimum atomic E-state index is 0.419. The van der Waals surface area contributed by atoms with Gasteiger partial charge in [0.25, 0.3) is 0 Å². The van der Waals surface area contributed by atoms with E-state index in [1.165, 1.54) is 19.3 Å². The fraction of sp³-hybridized carbons (Fsp3) is 0.727.